The molecule has 2 aliphatic heterocycles. The van der Waals surface area contributed by atoms with E-state index in [0.29, 0.717) is 5.92 Å². The van der Waals surface area contributed by atoms with Crippen LogP contribution < -0.4 is 0 Å². The first-order valence-electron chi connectivity index (χ1n) is 7.62. The van der Waals surface area contributed by atoms with Crippen LogP contribution in [0.5, 0.6) is 0 Å². The summed E-state index contributed by atoms with van der Waals surface area (Å²) in [4.78, 5) is 4.12. The lowest BCUT2D eigenvalue weighted by molar-refractivity contribution is 0.286. The van der Waals surface area contributed by atoms with Crippen molar-refractivity contribution in [1.29, 1.82) is 0 Å². The molecule has 104 valence electrons. The first-order chi connectivity index (χ1) is 9.16. The molecule has 0 saturated carbocycles. The minimum Gasteiger partial charge on any atom is -0.303 e. The molecule has 0 amide bonds. The van der Waals surface area contributed by atoms with Gasteiger partial charge in [0.15, 0.2) is 0 Å². The van der Waals surface area contributed by atoms with E-state index in [4.69, 9.17) is 0 Å². The summed E-state index contributed by atoms with van der Waals surface area (Å²) in [6.07, 6.45) is 4.15. The van der Waals surface area contributed by atoms with Crippen molar-refractivity contribution in [2.75, 3.05) is 19.3 Å². The number of benzene rings is 1. The van der Waals surface area contributed by atoms with E-state index in [2.05, 4.69) is 55.8 Å². The molecule has 2 atom stereocenters. The van der Waals surface area contributed by atoms with Crippen LogP contribution in [0.25, 0.3) is 0 Å². The SMILES string of the molecule is CC(C)c1cccc2c1[C@@H](C[C@H]1CCCN1C)CS2. The molecular weight excluding hydrogens is 250 g/mol. The number of fused-ring (bicyclic) bond motifs is 1. The number of hydrogen-bond donors (Lipinski definition) is 0. The van der Waals surface area contributed by atoms with E-state index in [1.165, 1.54) is 31.6 Å². The van der Waals surface area contributed by atoms with Gasteiger partial charge in [0.25, 0.3) is 0 Å². The predicted octanol–water partition coefficient (Wildman–Crippen LogP) is 4.48. The lowest BCUT2D eigenvalue weighted by Crippen LogP contribution is -2.27. The summed E-state index contributed by atoms with van der Waals surface area (Å²) in [6.45, 7) is 5.96. The van der Waals surface area contributed by atoms with Gasteiger partial charge in [-0.3, -0.25) is 0 Å². The highest BCUT2D eigenvalue weighted by Gasteiger charge is 2.31. The lowest BCUT2D eigenvalue weighted by Gasteiger charge is -2.24. The fourth-order valence-corrected chi connectivity index (χ4v) is 4.99. The first kappa shape index (κ1) is 13.5. The normalized spacial score (nSPS) is 27.2. The van der Waals surface area contributed by atoms with Crippen LogP contribution in [0.3, 0.4) is 0 Å². The molecule has 2 heterocycles. The topological polar surface area (TPSA) is 3.24 Å². The first-order valence-corrected chi connectivity index (χ1v) is 8.61. The maximum absolute atomic E-state index is 2.57. The second-order valence-electron chi connectivity index (χ2n) is 6.43. The van der Waals surface area contributed by atoms with Crippen molar-refractivity contribution >= 4 is 11.8 Å². The third kappa shape index (κ3) is 2.57. The molecule has 3 rings (SSSR count). The molecular formula is C17H25NS. The Hall–Kier alpha value is -0.470. The van der Waals surface area contributed by atoms with E-state index < -0.39 is 0 Å². The Balaban J connectivity index is 1.84. The molecule has 1 nitrogen and oxygen atoms in total. The second-order valence-corrected chi connectivity index (χ2v) is 7.50. The Morgan fingerprint density at radius 2 is 2.21 bits per heavy atom. The molecule has 0 N–H and O–H groups in total. The van der Waals surface area contributed by atoms with Gasteiger partial charge in [-0.1, -0.05) is 26.0 Å². The smallest absolute Gasteiger partial charge is 0.0110 e. The Bertz CT molecular complexity index is 455. The van der Waals surface area contributed by atoms with E-state index in [9.17, 15) is 0 Å². The number of rotatable bonds is 3. The predicted molar refractivity (Wildman–Crippen MR) is 84.3 cm³/mol. The molecule has 0 spiro atoms. The summed E-state index contributed by atoms with van der Waals surface area (Å²) < 4.78 is 0. The van der Waals surface area contributed by atoms with Gasteiger partial charge in [0.2, 0.25) is 0 Å². The van der Waals surface area contributed by atoms with Crippen molar-refractivity contribution in [1.82, 2.24) is 4.90 Å². The maximum Gasteiger partial charge on any atom is 0.0110 e. The fraction of sp³-hybridized carbons (Fsp3) is 0.647. The largest absolute Gasteiger partial charge is 0.303 e. The molecule has 0 aliphatic carbocycles. The molecule has 19 heavy (non-hydrogen) atoms. The van der Waals surface area contributed by atoms with Crippen LogP contribution in [-0.2, 0) is 0 Å². The Kier molecular flexibility index (Phi) is 3.91. The van der Waals surface area contributed by atoms with Crippen molar-refractivity contribution in [3.63, 3.8) is 0 Å². The Morgan fingerprint density at radius 1 is 1.37 bits per heavy atom. The molecule has 0 radical (unpaired) electrons. The third-order valence-electron chi connectivity index (χ3n) is 4.80. The average Bonchev–Trinajstić information content (AvgIpc) is 2.97. The molecule has 1 saturated heterocycles. The van der Waals surface area contributed by atoms with Crippen molar-refractivity contribution in [2.24, 2.45) is 0 Å². The van der Waals surface area contributed by atoms with Gasteiger partial charge < -0.3 is 4.90 Å². The van der Waals surface area contributed by atoms with Crippen LogP contribution in [0, 0.1) is 0 Å². The zero-order valence-electron chi connectivity index (χ0n) is 12.4. The van der Waals surface area contributed by atoms with Crippen molar-refractivity contribution in [2.45, 2.75) is 55.9 Å². The summed E-state index contributed by atoms with van der Waals surface area (Å²) in [7, 11) is 2.30. The number of thioether (sulfide) groups is 1. The van der Waals surface area contributed by atoms with Gasteiger partial charge in [-0.15, -0.1) is 11.8 Å². The van der Waals surface area contributed by atoms with Crippen LogP contribution in [0.1, 0.15) is 56.1 Å². The molecule has 1 aromatic carbocycles. The average molecular weight is 275 g/mol. The minimum absolute atomic E-state index is 0.650. The molecule has 0 unspecified atom stereocenters. The van der Waals surface area contributed by atoms with Gasteiger partial charge in [0.05, 0.1) is 0 Å². The lowest BCUT2D eigenvalue weighted by atomic mass is 9.86. The van der Waals surface area contributed by atoms with Crippen LogP contribution in [0.4, 0.5) is 0 Å². The fourth-order valence-electron chi connectivity index (χ4n) is 3.69. The highest BCUT2D eigenvalue weighted by molar-refractivity contribution is 7.99. The van der Waals surface area contributed by atoms with E-state index in [1.54, 1.807) is 16.0 Å². The molecule has 0 bridgehead atoms. The highest BCUT2D eigenvalue weighted by atomic mass is 32.2. The van der Waals surface area contributed by atoms with Gasteiger partial charge in [0, 0.05) is 16.7 Å². The number of hydrogen-bond acceptors (Lipinski definition) is 2. The summed E-state index contributed by atoms with van der Waals surface area (Å²) in [6, 6.07) is 7.73. The van der Waals surface area contributed by atoms with E-state index in [0.717, 1.165) is 12.0 Å². The van der Waals surface area contributed by atoms with E-state index in [1.807, 2.05) is 0 Å². The Morgan fingerprint density at radius 3 is 2.89 bits per heavy atom. The summed E-state index contributed by atoms with van der Waals surface area (Å²) >= 11 is 2.07. The maximum atomic E-state index is 2.57. The standard InChI is InChI=1S/C17H25NS/c1-12(2)15-7-4-8-16-17(15)13(11-19-16)10-14-6-5-9-18(14)3/h4,7-8,12-14H,5-6,9-11H2,1-3H3/t13-,14+/m0/s1. The van der Waals surface area contributed by atoms with Gasteiger partial charge in [0.1, 0.15) is 0 Å². The quantitative estimate of drug-likeness (QED) is 0.800. The van der Waals surface area contributed by atoms with Gasteiger partial charge in [-0.25, -0.2) is 0 Å². The number of likely N-dealkylation sites (tertiary alicyclic amines) is 1. The van der Waals surface area contributed by atoms with Crippen molar-refractivity contribution in [3.8, 4) is 0 Å². The zero-order valence-corrected chi connectivity index (χ0v) is 13.2. The van der Waals surface area contributed by atoms with Gasteiger partial charge >= 0.3 is 0 Å². The monoisotopic (exact) mass is 275 g/mol. The highest BCUT2D eigenvalue weighted by Crippen LogP contribution is 2.46. The van der Waals surface area contributed by atoms with E-state index in [-0.39, 0.29) is 0 Å². The van der Waals surface area contributed by atoms with Crippen molar-refractivity contribution in [3.05, 3.63) is 29.3 Å². The third-order valence-corrected chi connectivity index (χ3v) is 6.03. The zero-order chi connectivity index (χ0) is 13.4. The summed E-state index contributed by atoms with van der Waals surface area (Å²) in [5.41, 5.74) is 3.27. The second kappa shape index (κ2) is 5.49. The molecule has 0 aromatic heterocycles. The number of nitrogens with zero attached hydrogens (tertiary/aromatic N) is 1. The van der Waals surface area contributed by atoms with Crippen molar-refractivity contribution < 1.29 is 0 Å². The van der Waals surface area contributed by atoms with Gasteiger partial charge in [-0.05, 0) is 61.9 Å². The molecule has 1 aromatic rings. The minimum atomic E-state index is 0.650. The Labute approximate surface area is 121 Å². The van der Waals surface area contributed by atoms with Crippen LogP contribution >= 0.6 is 11.8 Å². The van der Waals surface area contributed by atoms with E-state index >= 15 is 0 Å². The van der Waals surface area contributed by atoms with Crippen LogP contribution in [0.2, 0.25) is 0 Å². The molecule has 2 heteroatoms. The summed E-state index contributed by atoms with van der Waals surface area (Å²) in [5.74, 6) is 2.73. The molecule has 2 aliphatic rings. The molecule has 1 fully saturated rings. The summed E-state index contributed by atoms with van der Waals surface area (Å²) in [5, 5.41) is 0. The van der Waals surface area contributed by atoms with Gasteiger partial charge in [-0.2, -0.15) is 0 Å². The van der Waals surface area contributed by atoms with Crippen LogP contribution in [-0.4, -0.2) is 30.3 Å². The van der Waals surface area contributed by atoms with Crippen LogP contribution in [0.15, 0.2) is 23.1 Å².